The number of benzene rings is 3. The number of nitrogens with zero attached hydrogens (tertiary/aromatic N) is 2. The van der Waals surface area contributed by atoms with Crippen molar-refractivity contribution in [2.24, 2.45) is 0 Å². The van der Waals surface area contributed by atoms with Crippen molar-refractivity contribution < 1.29 is 9.53 Å². The fourth-order valence-corrected chi connectivity index (χ4v) is 3.75. The van der Waals surface area contributed by atoms with Crippen LogP contribution in [-0.4, -0.2) is 22.4 Å². The molecule has 0 spiro atoms. The van der Waals surface area contributed by atoms with Gasteiger partial charge in [-0.2, -0.15) is 5.10 Å². The molecule has 1 aromatic heterocycles. The minimum absolute atomic E-state index is 0. The molecule has 152 valence electrons. The molecule has 0 saturated carbocycles. The van der Waals surface area contributed by atoms with E-state index in [4.69, 9.17) is 9.84 Å². The molecule has 0 N–H and O–H groups in total. The van der Waals surface area contributed by atoms with Crippen molar-refractivity contribution in [1.82, 2.24) is 9.78 Å². The standard InChI is InChI=1S/C24H19BrN2O2.CH4/c1-2-29-24(28)21-22(19-15-9-10-16-20(19)25)26-27(18-13-7-4-8-14-18)23(21)17-11-5-3-6-12-17;/h3-16H,2H2,1H3;1H4. The second kappa shape index (κ2) is 9.55. The molecule has 4 rings (SSSR count). The Morgan fingerprint density at radius 1 is 0.933 bits per heavy atom. The summed E-state index contributed by atoms with van der Waals surface area (Å²) in [5, 5.41) is 4.88. The van der Waals surface area contributed by atoms with Gasteiger partial charge in [0.1, 0.15) is 11.3 Å². The van der Waals surface area contributed by atoms with E-state index in [1.165, 1.54) is 0 Å². The molecule has 3 aromatic carbocycles. The lowest BCUT2D eigenvalue weighted by atomic mass is 10.0. The largest absolute Gasteiger partial charge is 0.462 e. The minimum atomic E-state index is -0.390. The SMILES string of the molecule is C.CCOC(=O)c1c(-c2ccccc2Br)nn(-c2ccccc2)c1-c1ccccc1. The number of carbonyl (C=O) groups excluding carboxylic acids is 1. The quantitative estimate of drug-likeness (QED) is 0.307. The van der Waals surface area contributed by atoms with Crippen LogP contribution in [-0.2, 0) is 4.74 Å². The van der Waals surface area contributed by atoms with Crippen LogP contribution in [0.4, 0.5) is 0 Å². The molecule has 5 heteroatoms. The molecule has 0 unspecified atom stereocenters. The third-order valence-corrected chi connectivity index (χ3v) is 5.23. The highest BCUT2D eigenvalue weighted by Gasteiger charge is 2.28. The lowest BCUT2D eigenvalue weighted by molar-refractivity contribution is 0.0528. The maximum atomic E-state index is 13.1. The van der Waals surface area contributed by atoms with Gasteiger partial charge in [-0.05, 0) is 25.1 Å². The Bertz CT molecular complexity index is 1140. The highest BCUT2D eigenvalue weighted by molar-refractivity contribution is 9.10. The second-order valence-corrected chi connectivity index (χ2v) is 7.24. The van der Waals surface area contributed by atoms with Crippen LogP contribution in [0.2, 0.25) is 0 Å². The van der Waals surface area contributed by atoms with E-state index in [2.05, 4.69) is 15.9 Å². The summed E-state index contributed by atoms with van der Waals surface area (Å²) in [5.41, 5.74) is 4.34. The van der Waals surface area contributed by atoms with Crippen LogP contribution >= 0.6 is 15.9 Å². The maximum Gasteiger partial charge on any atom is 0.342 e. The van der Waals surface area contributed by atoms with Crippen molar-refractivity contribution in [3.63, 3.8) is 0 Å². The number of aromatic nitrogens is 2. The van der Waals surface area contributed by atoms with Gasteiger partial charge in [-0.3, -0.25) is 0 Å². The molecule has 0 saturated heterocycles. The monoisotopic (exact) mass is 462 g/mol. The molecule has 0 aliphatic rings. The summed E-state index contributed by atoms with van der Waals surface area (Å²) in [5.74, 6) is -0.390. The fourth-order valence-electron chi connectivity index (χ4n) is 3.28. The van der Waals surface area contributed by atoms with Crippen molar-refractivity contribution in [3.8, 4) is 28.2 Å². The summed E-state index contributed by atoms with van der Waals surface area (Å²) < 4.78 is 8.11. The Labute approximate surface area is 185 Å². The Kier molecular flexibility index (Phi) is 6.85. The number of hydrogen-bond acceptors (Lipinski definition) is 3. The molecule has 0 atom stereocenters. The number of ether oxygens (including phenoxy) is 1. The topological polar surface area (TPSA) is 44.1 Å². The van der Waals surface area contributed by atoms with Gasteiger partial charge in [0, 0.05) is 15.6 Å². The van der Waals surface area contributed by atoms with Crippen molar-refractivity contribution in [2.45, 2.75) is 14.4 Å². The van der Waals surface area contributed by atoms with E-state index < -0.39 is 0 Å². The minimum Gasteiger partial charge on any atom is -0.462 e. The Balaban J connectivity index is 0.00000256. The van der Waals surface area contributed by atoms with Gasteiger partial charge in [-0.25, -0.2) is 9.48 Å². The van der Waals surface area contributed by atoms with Gasteiger partial charge >= 0.3 is 5.97 Å². The maximum absolute atomic E-state index is 13.1. The zero-order valence-corrected chi connectivity index (χ0v) is 17.5. The first kappa shape index (κ1) is 21.5. The van der Waals surface area contributed by atoms with Gasteiger partial charge in [0.25, 0.3) is 0 Å². The molecule has 0 radical (unpaired) electrons. The van der Waals surface area contributed by atoms with E-state index in [1.807, 2.05) is 89.6 Å². The van der Waals surface area contributed by atoms with Gasteiger partial charge in [-0.15, -0.1) is 0 Å². The zero-order valence-electron chi connectivity index (χ0n) is 15.9. The summed E-state index contributed by atoms with van der Waals surface area (Å²) >= 11 is 3.60. The normalized spacial score (nSPS) is 10.3. The molecule has 0 fully saturated rings. The van der Waals surface area contributed by atoms with E-state index in [0.29, 0.717) is 23.6 Å². The number of hydrogen-bond donors (Lipinski definition) is 0. The molecule has 1 heterocycles. The van der Waals surface area contributed by atoms with Crippen molar-refractivity contribution in [3.05, 3.63) is 95.0 Å². The van der Waals surface area contributed by atoms with Crippen LogP contribution in [0, 0.1) is 0 Å². The van der Waals surface area contributed by atoms with Gasteiger partial charge < -0.3 is 4.74 Å². The first-order valence-electron chi connectivity index (χ1n) is 9.36. The van der Waals surface area contributed by atoms with Crippen LogP contribution < -0.4 is 0 Å². The highest BCUT2D eigenvalue weighted by Crippen LogP contribution is 2.37. The summed E-state index contributed by atoms with van der Waals surface area (Å²) in [4.78, 5) is 13.1. The van der Waals surface area contributed by atoms with Crippen LogP contribution in [0.5, 0.6) is 0 Å². The lowest BCUT2D eigenvalue weighted by Gasteiger charge is -2.10. The fraction of sp³-hybridized carbons (Fsp3) is 0.120. The first-order valence-corrected chi connectivity index (χ1v) is 10.2. The van der Waals surface area contributed by atoms with Crippen molar-refractivity contribution in [2.75, 3.05) is 6.61 Å². The van der Waals surface area contributed by atoms with Crippen LogP contribution in [0.15, 0.2) is 89.4 Å². The lowest BCUT2D eigenvalue weighted by Crippen LogP contribution is -2.08. The van der Waals surface area contributed by atoms with Crippen LogP contribution in [0.3, 0.4) is 0 Å². The van der Waals surface area contributed by atoms with E-state index in [0.717, 1.165) is 21.3 Å². The molecule has 0 aliphatic heterocycles. The molecular formula is C25H23BrN2O2. The molecule has 0 aliphatic carbocycles. The van der Waals surface area contributed by atoms with Crippen molar-refractivity contribution >= 4 is 21.9 Å². The third-order valence-electron chi connectivity index (χ3n) is 4.54. The summed E-state index contributed by atoms with van der Waals surface area (Å²) in [6.07, 6.45) is 0. The molecule has 30 heavy (non-hydrogen) atoms. The van der Waals surface area contributed by atoms with E-state index in [1.54, 1.807) is 6.92 Å². The van der Waals surface area contributed by atoms with E-state index in [-0.39, 0.29) is 13.4 Å². The average molecular weight is 463 g/mol. The molecule has 0 bridgehead atoms. The highest BCUT2D eigenvalue weighted by atomic mass is 79.9. The van der Waals surface area contributed by atoms with Crippen LogP contribution in [0.25, 0.3) is 28.2 Å². The summed E-state index contributed by atoms with van der Waals surface area (Å²) in [7, 11) is 0. The van der Waals surface area contributed by atoms with Crippen molar-refractivity contribution in [1.29, 1.82) is 0 Å². The number of carbonyl (C=O) groups is 1. The summed E-state index contributed by atoms with van der Waals surface area (Å²) in [6.45, 7) is 2.10. The van der Waals surface area contributed by atoms with Gasteiger partial charge in [0.05, 0.1) is 18.0 Å². The number of para-hydroxylation sites is 1. The molecule has 4 nitrogen and oxygen atoms in total. The predicted octanol–water partition coefficient (Wildman–Crippen LogP) is 6.78. The van der Waals surface area contributed by atoms with Gasteiger partial charge in [0.15, 0.2) is 0 Å². The Morgan fingerprint density at radius 3 is 2.17 bits per heavy atom. The van der Waals surface area contributed by atoms with Gasteiger partial charge in [-0.1, -0.05) is 90.1 Å². The molecule has 4 aromatic rings. The summed E-state index contributed by atoms with van der Waals surface area (Å²) in [6, 6.07) is 27.3. The second-order valence-electron chi connectivity index (χ2n) is 6.39. The number of rotatable bonds is 5. The smallest absolute Gasteiger partial charge is 0.342 e. The number of halogens is 1. The van der Waals surface area contributed by atoms with Gasteiger partial charge in [0.2, 0.25) is 0 Å². The number of esters is 1. The van der Waals surface area contributed by atoms with Crippen LogP contribution in [0.1, 0.15) is 24.7 Å². The van der Waals surface area contributed by atoms with E-state index >= 15 is 0 Å². The van der Waals surface area contributed by atoms with E-state index in [9.17, 15) is 4.79 Å². The first-order chi connectivity index (χ1) is 14.2. The third kappa shape index (κ3) is 4.07. The predicted molar refractivity (Wildman–Crippen MR) is 125 cm³/mol. The molecular weight excluding hydrogens is 440 g/mol. The zero-order chi connectivity index (χ0) is 20.2. The Hall–Kier alpha value is -3.18. The Morgan fingerprint density at radius 2 is 1.53 bits per heavy atom. The average Bonchev–Trinajstić information content (AvgIpc) is 3.16. The molecule has 0 amide bonds.